The van der Waals surface area contributed by atoms with Crippen LogP contribution in [0.2, 0.25) is 0 Å². The zero-order chi connectivity index (χ0) is 20.1. The molecule has 1 aliphatic rings. The Hall–Kier alpha value is -2.85. The second kappa shape index (κ2) is 9.10. The Morgan fingerprint density at radius 2 is 1.93 bits per heavy atom. The number of benzene rings is 2. The topological polar surface area (TPSA) is 62.1 Å². The van der Waals surface area contributed by atoms with Crippen LogP contribution in [0.1, 0.15) is 47.2 Å². The third-order valence-electron chi connectivity index (χ3n) is 5.91. The van der Waals surface area contributed by atoms with Gasteiger partial charge in [0, 0.05) is 35.8 Å². The number of nitrogens with two attached hydrogens (primary N) is 1. The van der Waals surface area contributed by atoms with Gasteiger partial charge in [-0.1, -0.05) is 42.8 Å². The molecular weight excluding hydrogens is 358 g/mol. The number of fused-ring (bicyclic) bond motifs is 1. The van der Waals surface area contributed by atoms with Crippen LogP contribution in [0.15, 0.2) is 60.8 Å². The number of nitrogens with zero attached hydrogens (tertiary/aromatic N) is 1. The first-order chi connectivity index (χ1) is 14.2. The lowest BCUT2D eigenvalue weighted by molar-refractivity contribution is 0.100. The molecule has 3 N–H and O–H groups in total. The molecule has 0 bridgehead atoms. The predicted molar refractivity (Wildman–Crippen MR) is 120 cm³/mol. The third-order valence-corrected chi connectivity index (χ3v) is 5.91. The van der Waals surface area contributed by atoms with Crippen LogP contribution in [-0.4, -0.2) is 35.4 Å². The summed E-state index contributed by atoms with van der Waals surface area (Å²) in [6, 6.07) is 16.3. The first-order valence-electron chi connectivity index (χ1n) is 10.6. The Balaban J connectivity index is 1.22. The molecule has 0 aliphatic carbocycles. The van der Waals surface area contributed by atoms with Crippen molar-refractivity contribution >= 4 is 22.4 Å². The Labute approximate surface area is 172 Å². The van der Waals surface area contributed by atoms with E-state index in [4.69, 9.17) is 5.73 Å². The maximum atomic E-state index is 11.4. The van der Waals surface area contributed by atoms with Crippen molar-refractivity contribution in [2.75, 3.05) is 19.6 Å². The van der Waals surface area contributed by atoms with E-state index in [1.165, 1.54) is 29.5 Å². The summed E-state index contributed by atoms with van der Waals surface area (Å²) in [7, 11) is 0. The summed E-state index contributed by atoms with van der Waals surface area (Å²) in [5, 5.41) is 1.12. The minimum absolute atomic E-state index is 0.370. The molecule has 1 aromatic heterocycles. The predicted octanol–water partition coefficient (Wildman–Crippen LogP) is 4.77. The fourth-order valence-corrected chi connectivity index (χ4v) is 4.19. The van der Waals surface area contributed by atoms with Crippen LogP contribution in [0.3, 0.4) is 0 Å². The van der Waals surface area contributed by atoms with E-state index in [1.54, 1.807) is 6.07 Å². The number of rotatable bonds is 8. The van der Waals surface area contributed by atoms with Crippen molar-refractivity contribution in [2.45, 2.75) is 32.1 Å². The smallest absolute Gasteiger partial charge is 0.248 e. The summed E-state index contributed by atoms with van der Waals surface area (Å²) < 4.78 is 0. The molecule has 0 saturated carbocycles. The average Bonchev–Trinajstić information content (AvgIpc) is 3.17. The van der Waals surface area contributed by atoms with Gasteiger partial charge >= 0.3 is 0 Å². The summed E-state index contributed by atoms with van der Waals surface area (Å²) >= 11 is 0. The van der Waals surface area contributed by atoms with Crippen molar-refractivity contribution in [1.82, 2.24) is 9.88 Å². The number of amides is 1. The molecule has 1 amide bonds. The molecule has 4 rings (SSSR count). The number of aryl methyl sites for hydroxylation is 1. The van der Waals surface area contributed by atoms with E-state index >= 15 is 0 Å². The molecule has 4 heteroatoms. The van der Waals surface area contributed by atoms with Gasteiger partial charge in [0.15, 0.2) is 0 Å². The van der Waals surface area contributed by atoms with Crippen molar-refractivity contribution in [2.24, 2.45) is 5.73 Å². The lowest BCUT2D eigenvalue weighted by atomic mass is 9.99. The summed E-state index contributed by atoms with van der Waals surface area (Å²) in [4.78, 5) is 17.3. The van der Waals surface area contributed by atoms with Crippen molar-refractivity contribution in [1.29, 1.82) is 0 Å². The largest absolute Gasteiger partial charge is 0.366 e. The SMILES string of the molecule is NC(=O)c1ccc2[nH]cc(CCCCCN3CC=C(c4ccccc4)CC3)c2c1. The molecule has 0 atom stereocenters. The summed E-state index contributed by atoms with van der Waals surface area (Å²) in [6.07, 6.45) is 10.2. The van der Waals surface area contributed by atoms with Gasteiger partial charge in [-0.15, -0.1) is 0 Å². The molecule has 0 unspecified atom stereocenters. The van der Waals surface area contributed by atoms with E-state index in [0.29, 0.717) is 5.56 Å². The summed E-state index contributed by atoms with van der Waals surface area (Å²) in [5.74, 6) is -0.370. The first-order valence-corrected chi connectivity index (χ1v) is 10.6. The van der Waals surface area contributed by atoms with Gasteiger partial charge in [0.2, 0.25) is 5.91 Å². The van der Waals surface area contributed by atoms with E-state index < -0.39 is 0 Å². The average molecular weight is 388 g/mol. The number of aromatic nitrogens is 1. The molecule has 29 heavy (non-hydrogen) atoms. The van der Waals surface area contributed by atoms with E-state index in [1.807, 2.05) is 12.1 Å². The number of carbonyl (C=O) groups excluding carboxylic acids is 1. The van der Waals surface area contributed by atoms with E-state index in [0.717, 1.165) is 49.8 Å². The van der Waals surface area contributed by atoms with Crippen LogP contribution < -0.4 is 5.73 Å². The fourth-order valence-electron chi connectivity index (χ4n) is 4.19. The summed E-state index contributed by atoms with van der Waals surface area (Å²) in [6.45, 7) is 3.37. The molecule has 0 spiro atoms. The molecule has 3 aromatic rings. The standard InChI is InChI=1S/C25H29N3O/c26-25(29)21-10-11-24-23(17-21)22(18-27-24)9-5-2-6-14-28-15-12-20(13-16-28)19-7-3-1-4-8-19/h1,3-4,7-8,10-12,17-18,27H,2,5-6,9,13-16H2,(H2,26,29). The normalized spacial score (nSPS) is 14.8. The molecule has 150 valence electrons. The quantitative estimate of drug-likeness (QED) is 0.547. The Bertz CT molecular complexity index is 1000. The highest BCUT2D eigenvalue weighted by molar-refractivity contribution is 5.97. The zero-order valence-corrected chi connectivity index (χ0v) is 16.9. The number of H-pyrrole nitrogens is 1. The number of hydrogen-bond acceptors (Lipinski definition) is 2. The fraction of sp³-hybridized carbons (Fsp3) is 0.320. The molecular formula is C25H29N3O. The van der Waals surface area contributed by atoms with Gasteiger partial charge in [-0.25, -0.2) is 0 Å². The highest BCUT2D eigenvalue weighted by Gasteiger charge is 2.12. The zero-order valence-electron chi connectivity index (χ0n) is 16.9. The number of hydrogen-bond donors (Lipinski definition) is 2. The van der Waals surface area contributed by atoms with E-state index in [9.17, 15) is 4.79 Å². The lowest BCUT2D eigenvalue weighted by Gasteiger charge is -2.26. The van der Waals surface area contributed by atoms with Crippen LogP contribution in [-0.2, 0) is 6.42 Å². The third kappa shape index (κ3) is 4.77. The monoisotopic (exact) mass is 387 g/mol. The Morgan fingerprint density at radius 1 is 1.07 bits per heavy atom. The van der Waals surface area contributed by atoms with Gasteiger partial charge < -0.3 is 10.7 Å². The molecule has 0 radical (unpaired) electrons. The van der Waals surface area contributed by atoms with Crippen molar-refractivity contribution < 1.29 is 4.79 Å². The number of nitrogens with one attached hydrogen (secondary N) is 1. The second-order valence-electron chi connectivity index (χ2n) is 7.90. The molecule has 0 saturated heterocycles. The maximum absolute atomic E-state index is 11.4. The second-order valence-corrected chi connectivity index (χ2v) is 7.90. The van der Waals surface area contributed by atoms with Gasteiger partial charge in [0.25, 0.3) is 0 Å². The number of primary amides is 1. The first kappa shape index (κ1) is 19.5. The molecule has 4 nitrogen and oxygen atoms in total. The van der Waals surface area contributed by atoms with Crippen LogP contribution in [0.25, 0.3) is 16.5 Å². The van der Waals surface area contributed by atoms with E-state index in [-0.39, 0.29) is 5.91 Å². The van der Waals surface area contributed by atoms with Gasteiger partial charge in [-0.05, 0) is 67.1 Å². The Kier molecular flexibility index (Phi) is 6.11. The lowest BCUT2D eigenvalue weighted by Crippen LogP contribution is -2.29. The minimum Gasteiger partial charge on any atom is -0.366 e. The van der Waals surface area contributed by atoms with Gasteiger partial charge in [-0.3, -0.25) is 9.69 Å². The highest BCUT2D eigenvalue weighted by atomic mass is 16.1. The van der Waals surface area contributed by atoms with E-state index in [2.05, 4.69) is 52.5 Å². The molecule has 0 fully saturated rings. The minimum atomic E-state index is -0.370. The molecule has 2 aromatic carbocycles. The summed E-state index contributed by atoms with van der Waals surface area (Å²) in [5.41, 5.74) is 11.2. The van der Waals surface area contributed by atoms with Crippen molar-refractivity contribution in [3.8, 4) is 0 Å². The van der Waals surface area contributed by atoms with Gasteiger partial charge in [0.05, 0.1) is 0 Å². The highest BCUT2D eigenvalue weighted by Crippen LogP contribution is 2.23. The molecule has 1 aliphatic heterocycles. The number of aromatic amines is 1. The van der Waals surface area contributed by atoms with Crippen molar-refractivity contribution in [3.63, 3.8) is 0 Å². The van der Waals surface area contributed by atoms with Crippen molar-refractivity contribution in [3.05, 3.63) is 77.5 Å². The van der Waals surface area contributed by atoms with Crippen LogP contribution >= 0.6 is 0 Å². The van der Waals surface area contributed by atoms with Crippen LogP contribution in [0.5, 0.6) is 0 Å². The van der Waals surface area contributed by atoms with Gasteiger partial charge in [-0.2, -0.15) is 0 Å². The molecule has 2 heterocycles. The number of carbonyl (C=O) groups is 1. The van der Waals surface area contributed by atoms with Crippen LogP contribution in [0, 0.1) is 0 Å². The number of unbranched alkanes of at least 4 members (excludes halogenated alkanes) is 2. The van der Waals surface area contributed by atoms with Crippen LogP contribution in [0.4, 0.5) is 0 Å². The maximum Gasteiger partial charge on any atom is 0.248 e. The Morgan fingerprint density at radius 3 is 2.69 bits per heavy atom. The van der Waals surface area contributed by atoms with Gasteiger partial charge in [0.1, 0.15) is 0 Å².